The highest BCUT2D eigenvalue weighted by Gasteiger charge is 2.35. The predicted molar refractivity (Wildman–Crippen MR) is 181 cm³/mol. The lowest BCUT2D eigenvalue weighted by Gasteiger charge is -2.35. The highest BCUT2D eigenvalue weighted by atomic mass is 35.5. The van der Waals surface area contributed by atoms with Crippen LogP contribution in [0.2, 0.25) is 10.0 Å². The van der Waals surface area contributed by atoms with Gasteiger partial charge in [-0.1, -0.05) is 89.9 Å². The molecule has 0 bridgehead atoms. The summed E-state index contributed by atoms with van der Waals surface area (Å²) in [6.45, 7) is 6.69. The molecule has 0 saturated heterocycles. The van der Waals surface area contributed by atoms with Gasteiger partial charge >= 0.3 is 0 Å². The molecule has 0 unspecified atom stereocenters. The van der Waals surface area contributed by atoms with E-state index >= 15 is 0 Å². The van der Waals surface area contributed by atoms with E-state index in [1.807, 2.05) is 64.1 Å². The molecule has 7 nitrogen and oxygen atoms in total. The third kappa shape index (κ3) is 8.25. The van der Waals surface area contributed by atoms with Crippen molar-refractivity contribution in [2.24, 2.45) is 0 Å². The molecule has 0 saturated carbocycles. The van der Waals surface area contributed by atoms with Crippen molar-refractivity contribution in [1.29, 1.82) is 0 Å². The average Bonchev–Trinajstić information content (AvgIpc) is 3.01. The Balaban J connectivity index is 1.86. The number of hydrogen-bond donors (Lipinski definition) is 1. The van der Waals surface area contributed by atoms with Gasteiger partial charge in [0, 0.05) is 34.6 Å². The van der Waals surface area contributed by atoms with Gasteiger partial charge in [0.25, 0.3) is 10.0 Å². The fourth-order valence-corrected chi connectivity index (χ4v) is 7.04. The van der Waals surface area contributed by atoms with Gasteiger partial charge in [-0.3, -0.25) is 13.9 Å². The number of halogens is 2. The molecule has 0 aliphatic carbocycles. The number of hydrogen-bond acceptors (Lipinski definition) is 4. The number of anilines is 1. The molecule has 0 radical (unpaired) electrons. The first-order valence-electron chi connectivity index (χ1n) is 14.6. The van der Waals surface area contributed by atoms with E-state index in [9.17, 15) is 18.0 Å². The van der Waals surface area contributed by atoms with Crippen molar-refractivity contribution < 1.29 is 18.0 Å². The van der Waals surface area contributed by atoms with Gasteiger partial charge in [-0.05, 0) is 74.7 Å². The van der Waals surface area contributed by atoms with Crippen LogP contribution in [0.15, 0.2) is 102 Å². The monoisotopic (exact) mass is 665 g/mol. The third-order valence-corrected chi connectivity index (χ3v) is 10.0. The minimum Gasteiger partial charge on any atom is -0.352 e. The molecule has 0 aliphatic heterocycles. The van der Waals surface area contributed by atoms with Gasteiger partial charge in [0.15, 0.2) is 0 Å². The fourth-order valence-electron chi connectivity index (χ4n) is 5.03. The van der Waals surface area contributed by atoms with Crippen molar-refractivity contribution in [2.45, 2.75) is 57.6 Å². The number of sulfonamides is 1. The highest BCUT2D eigenvalue weighted by Crippen LogP contribution is 2.31. The number of rotatable bonds is 12. The summed E-state index contributed by atoms with van der Waals surface area (Å²) >= 11 is 13.1. The number of aryl methyl sites for hydroxylation is 1. The molecule has 0 aliphatic rings. The second-order valence-electron chi connectivity index (χ2n) is 11.1. The van der Waals surface area contributed by atoms with Crippen molar-refractivity contribution in [1.82, 2.24) is 10.2 Å². The second-order valence-corrected chi connectivity index (χ2v) is 13.8. The summed E-state index contributed by atoms with van der Waals surface area (Å²) in [4.78, 5) is 29.9. The number of nitrogens with one attached hydrogen (secondary N) is 1. The molecule has 0 aromatic heterocycles. The van der Waals surface area contributed by atoms with E-state index in [2.05, 4.69) is 5.32 Å². The van der Waals surface area contributed by atoms with Crippen LogP contribution in [0.1, 0.15) is 36.1 Å². The van der Waals surface area contributed by atoms with E-state index in [1.165, 1.54) is 17.0 Å². The van der Waals surface area contributed by atoms with Gasteiger partial charge in [0.2, 0.25) is 11.8 Å². The topological polar surface area (TPSA) is 86.8 Å². The number of carbonyl (C=O) groups is 2. The SMILES string of the molecule is Cc1cccc(N(CC(=O)N(Cc2c(Cl)cccc2Cl)[C@H](Cc2ccccc2)C(=O)NC(C)C)S(=O)(=O)c2ccccc2)c1C. The molecule has 10 heteroatoms. The Morgan fingerprint density at radius 1 is 0.800 bits per heavy atom. The normalized spacial score (nSPS) is 12.1. The quantitative estimate of drug-likeness (QED) is 0.177. The molecule has 45 heavy (non-hydrogen) atoms. The van der Waals surface area contributed by atoms with Crippen LogP contribution >= 0.6 is 23.2 Å². The fraction of sp³-hybridized carbons (Fsp3) is 0.257. The standard InChI is InChI=1S/C35H37Cl2N3O4S/c1-24(2)38-35(42)33(21-27-14-7-5-8-15-27)39(22-29-30(36)18-12-19-31(29)37)34(41)23-40(32-20-11-13-25(3)26(32)4)45(43,44)28-16-9-6-10-17-28/h5-20,24,33H,21-23H2,1-4H3,(H,38,42)/t33-/m1/s1. The molecule has 236 valence electrons. The number of amides is 2. The molecule has 0 fully saturated rings. The molecule has 4 rings (SSSR count). The minimum absolute atomic E-state index is 0.0396. The first kappa shape index (κ1) is 34.0. The van der Waals surface area contributed by atoms with Gasteiger partial charge in [-0.25, -0.2) is 8.42 Å². The molecule has 1 N–H and O–H groups in total. The lowest BCUT2D eigenvalue weighted by molar-refractivity contribution is -0.140. The van der Waals surface area contributed by atoms with Crippen LogP contribution in [0.5, 0.6) is 0 Å². The number of carbonyl (C=O) groups excluding carboxylic acids is 2. The van der Waals surface area contributed by atoms with Crippen molar-refractivity contribution in [3.05, 3.63) is 129 Å². The Morgan fingerprint density at radius 2 is 1.38 bits per heavy atom. The maximum Gasteiger partial charge on any atom is 0.264 e. The first-order valence-corrected chi connectivity index (χ1v) is 16.8. The van der Waals surface area contributed by atoms with Gasteiger partial charge in [-0.15, -0.1) is 0 Å². The average molecular weight is 667 g/mol. The van der Waals surface area contributed by atoms with E-state index in [0.29, 0.717) is 26.9 Å². The van der Waals surface area contributed by atoms with Crippen molar-refractivity contribution in [2.75, 3.05) is 10.8 Å². The maximum atomic E-state index is 14.6. The van der Waals surface area contributed by atoms with Crippen LogP contribution in [0.25, 0.3) is 0 Å². The molecule has 4 aromatic rings. The van der Waals surface area contributed by atoms with Gasteiger partial charge in [-0.2, -0.15) is 0 Å². The lowest BCUT2D eigenvalue weighted by Crippen LogP contribution is -2.54. The van der Waals surface area contributed by atoms with Crippen LogP contribution in [0.4, 0.5) is 5.69 Å². The first-order chi connectivity index (χ1) is 21.4. The van der Waals surface area contributed by atoms with Crippen LogP contribution in [0, 0.1) is 13.8 Å². The molecular weight excluding hydrogens is 629 g/mol. The largest absolute Gasteiger partial charge is 0.352 e. The van der Waals surface area contributed by atoms with Crippen molar-refractivity contribution >= 4 is 50.7 Å². The summed E-state index contributed by atoms with van der Waals surface area (Å²) in [5.41, 5.74) is 3.23. The molecule has 4 aromatic carbocycles. The van der Waals surface area contributed by atoms with Crippen LogP contribution < -0.4 is 9.62 Å². The van der Waals surface area contributed by atoms with E-state index in [0.717, 1.165) is 15.4 Å². The number of nitrogens with zero attached hydrogens (tertiary/aromatic N) is 2. The molecule has 2 amide bonds. The Labute approximate surface area is 275 Å². The molecular formula is C35H37Cl2N3O4S. The highest BCUT2D eigenvalue weighted by molar-refractivity contribution is 7.92. The summed E-state index contributed by atoms with van der Waals surface area (Å²) in [6, 6.07) is 26.4. The summed E-state index contributed by atoms with van der Waals surface area (Å²) in [5.74, 6) is -0.971. The maximum absolute atomic E-state index is 14.6. The molecule has 0 spiro atoms. The molecule has 0 heterocycles. The summed E-state index contributed by atoms with van der Waals surface area (Å²) in [6.07, 6.45) is 0.183. The third-order valence-electron chi connectivity index (χ3n) is 7.55. The van der Waals surface area contributed by atoms with E-state index < -0.39 is 28.5 Å². The zero-order valence-corrected chi connectivity index (χ0v) is 28.0. The minimum atomic E-state index is -4.20. The van der Waals surface area contributed by atoms with Crippen LogP contribution in [0.3, 0.4) is 0 Å². The van der Waals surface area contributed by atoms with Gasteiger partial charge in [0.1, 0.15) is 12.6 Å². The summed E-state index contributed by atoms with van der Waals surface area (Å²) in [7, 11) is -4.20. The Bertz CT molecular complexity index is 1730. The van der Waals surface area contributed by atoms with Crippen molar-refractivity contribution in [3.63, 3.8) is 0 Å². The summed E-state index contributed by atoms with van der Waals surface area (Å²) < 4.78 is 29.5. The lowest BCUT2D eigenvalue weighted by atomic mass is 10.0. The zero-order valence-electron chi connectivity index (χ0n) is 25.7. The summed E-state index contributed by atoms with van der Waals surface area (Å²) in [5, 5.41) is 3.59. The van der Waals surface area contributed by atoms with E-state index in [4.69, 9.17) is 23.2 Å². The van der Waals surface area contributed by atoms with Crippen LogP contribution in [-0.2, 0) is 32.6 Å². The number of benzene rings is 4. The predicted octanol–water partition coefficient (Wildman–Crippen LogP) is 6.97. The Morgan fingerprint density at radius 3 is 1.98 bits per heavy atom. The smallest absolute Gasteiger partial charge is 0.264 e. The Kier molecular flexibility index (Phi) is 11.3. The zero-order chi connectivity index (χ0) is 32.7. The molecule has 1 atom stereocenters. The van der Waals surface area contributed by atoms with E-state index in [1.54, 1.807) is 48.5 Å². The van der Waals surface area contributed by atoms with Crippen LogP contribution in [-0.4, -0.2) is 43.8 Å². The van der Waals surface area contributed by atoms with Gasteiger partial charge in [0.05, 0.1) is 10.6 Å². The van der Waals surface area contributed by atoms with Gasteiger partial charge < -0.3 is 10.2 Å². The Hall–Kier alpha value is -3.85. The van der Waals surface area contributed by atoms with E-state index in [-0.39, 0.29) is 29.8 Å². The second kappa shape index (κ2) is 15.0. The van der Waals surface area contributed by atoms with Crippen molar-refractivity contribution in [3.8, 4) is 0 Å².